The molecular formula is C18H17N3. The number of nitrogens with zero attached hydrogens (tertiary/aromatic N) is 3. The standard InChI is InChI=1S/C18H17N3/c1-13(11-19)12-21-17-10-6-5-9-16(17)20-18(21)15-8-4-3-7-14(15)2/h3-10,13H,12H2,1-2H3. The minimum absolute atomic E-state index is 0.0506. The second kappa shape index (κ2) is 5.41. The zero-order chi connectivity index (χ0) is 14.8. The molecule has 0 spiro atoms. The van der Waals surface area contributed by atoms with E-state index in [1.165, 1.54) is 5.56 Å². The Morgan fingerprint density at radius 3 is 2.62 bits per heavy atom. The molecule has 21 heavy (non-hydrogen) atoms. The minimum Gasteiger partial charge on any atom is -0.323 e. The van der Waals surface area contributed by atoms with Crippen LogP contribution in [0.5, 0.6) is 0 Å². The van der Waals surface area contributed by atoms with Gasteiger partial charge in [-0.1, -0.05) is 36.4 Å². The lowest BCUT2D eigenvalue weighted by molar-refractivity contribution is 0.597. The highest BCUT2D eigenvalue weighted by Gasteiger charge is 2.15. The van der Waals surface area contributed by atoms with E-state index in [0.717, 1.165) is 22.4 Å². The van der Waals surface area contributed by atoms with E-state index in [4.69, 9.17) is 10.2 Å². The van der Waals surface area contributed by atoms with Crippen molar-refractivity contribution in [1.29, 1.82) is 5.26 Å². The molecule has 1 aromatic heterocycles. The molecule has 0 saturated carbocycles. The Morgan fingerprint density at radius 1 is 1.14 bits per heavy atom. The predicted molar refractivity (Wildman–Crippen MR) is 84.7 cm³/mol. The molecule has 0 saturated heterocycles. The average Bonchev–Trinajstić information content (AvgIpc) is 2.86. The van der Waals surface area contributed by atoms with E-state index < -0.39 is 0 Å². The number of nitriles is 1. The smallest absolute Gasteiger partial charge is 0.141 e. The van der Waals surface area contributed by atoms with Crippen LogP contribution in [0.1, 0.15) is 12.5 Å². The highest BCUT2D eigenvalue weighted by atomic mass is 15.1. The lowest BCUT2D eigenvalue weighted by Gasteiger charge is -2.12. The molecule has 0 amide bonds. The minimum atomic E-state index is -0.0506. The molecule has 1 unspecified atom stereocenters. The van der Waals surface area contributed by atoms with E-state index in [9.17, 15) is 0 Å². The van der Waals surface area contributed by atoms with Crippen LogP contribution in [0.25, 0.3) is 22.4 Å². The predicted octanol–water partition coefficient (Wildman–Crippen LogP) is 4.17. The normalized spacial score (nSPS) is 12.2. The maximum absolute atomic E-state index is 9.14. The third-order valence-corrected chi connectivity index (χ3v) is 3.72. The summed E-state index contributed by atoms with van der Waals surface area (Å²) in [5.41, 5.74) is 4.37. The van der Waals surface area contributed by atoms with Gasteiger partial charge in [0.15, 0.2) is 0 Å². The van der Waals surface area contributed by atoms with Crippen molar-refractivity contribution in [2.75, 3.05) is 0 Å². The first-order chi connectivity index (χ1) is 10.2. The molecule has 1 heterocycles. The van der Waals surface area contributed by atoms with E-state index in [-0.39, 0.29) is 5.92 Å². The molecule has 3 nitrogen and oxygen atoms in total. The molecule has 2 aromatic carbocycles. The number of para-hydroxylation sites is 2. The Labute approximate surface area is 124 Å². The van der Waals surface area contributed by atoms with Crippen molar-refractivity contribution in [1.82, 2.24) is 9.55 Å². The van der Waals surface area contributed by atoms with Crippen molar-refractivity contribution in [3.8, 4) is 17.5 Å². The van der Waals surface area contributed by atoms with Crippen molar-refractivity contribution in [2.24, 2.45) is 5.92 Å². The Hall–Kier alpha value is -2.60. The topological polar surface area (TPSA) is 41.6 Å². The quantitative estimate of drug-likeness (QED) is 0.719. The Balaban J connectivity index is 2.24. The number of benzene rings is 2. The fraction of sp³-hybridized carbons (Fsp3) is 0.222. The van der Waals surface area contributed by atoms with Crippen molar-refractivity contribution >= 4 is 11.0 Å². The molecular weight excluding hydrogens is 258 g/mol. The van der Waals surface area contributed by atoms with Crippen LogP contribution in [0.15, 0.2) is 48.5 Å². The molecule has 0 fully saturated rings. The highest BCUT2D eigenvalue weighted by Crippen LogP contribution is 2.27. The monoisotopic (exact) mass is 275 g/mol. The number of hydrogen-bond acceptors (Lipinski definition) is 2. The number of hydrogen-bond donors (Lipinski definition) is 0. The van der Waals surface area contributed by atoms with Gasteiger partial charge in [-0.25, -0.2) is 4.98 Å². The molecule has 3 aromatic rings. The van der Waals surface area contributed by atoms with Crippen LogP contribution >= 0.6 is 0 Å². The van der Waals surface area contributed by atoms with Crippen LogP contribution in [0.2, 0.25) is 0 Å². The number of imidazole rings is 1. The Kier molecular flexibility index (Phi) is 3.45. The van der Waals surface area contributed by atoms with E-state index >= 15 is 0 Å². The molecule has 3 rings (SSSR count). The summed E-state index contributed by atoms with van der Waals surface area (Å²) in [5.74, 6) is 0.891. The van der Waals surface area contributed by atoms with Gasteiger partial charge in [0.25, 0.3) is 0 Å². The maximum Gasteiger partial charge on any atom is 0.141 e. The van der Waals surface area contributed by atoms with Gasteiger partial charge in [-0.2, -0.15) is 5.26 Å². The summed E-state index contributed by atoms with van der Waals surface area (Å²) >= 11 is 0. The first kappa shape index (κ1) is 13.4. The van der Waals surface area contributed by atoms with Crippen molar-refractivity contribution in [3.05, 3.63) is 54.1 Å². The van der Waals surface area contributed by atoms with E-state index in [0.29, 0.717) is 6.54 Å². The first-order valence-electron chi connectivity index (χ1n) is 7.11. The third-order valence-electron chi connectivity index (χ3n) is 3.72. The molecule has 0 bridgehead atoms. The molecule has 0 aliphatic carbocycles. The summed E-state index contributed by atoms with van der Waals surface area (Å²) in [5, 5.41) is 9.14. The average molecular weight is 275 g/mol. The largest absolute Gasteiger partial charge is 0.323 e. The summed E-state index contributed by atoms with van der Waals surface area (Å²) in [6.45, 7) is 4.68. The third kappa shape index (κ3) is 2.41. The number of aryl methyl sites for hydroxylation is 1. The lowest BCUT2D eigenvalue weighted by Crippen LogP contribution is -2.07. The first-order valence-corrected chi connectivity index (χ1v) is 7.11. The van der Waals surface area contributed by atoms with Gasteiger partial charge in [0, 0.05) is 12.1 Å². The molecule has 104 valence electrons. The molecule has 0 aliphatic heterocycles. The maximum atomic E-state index is 9.14. The summed E-state index contributed by atoms with van der Waals surface area (Å²) in [6.07, 6.45) is 0. The Bertz CT molecular complexity index is 824. The van der Waals surface area contributed by atoms with Gasteiger partial charge in [-0.3, -0.25) is 0 Å². The number of fused-ring (bicyclic) bond motifs is 1. The van der Waals surface area contributed by atoms with Gasteiger partial charge < -0.3 is 4.57 Å². The van der Waals surface area contributed by atoms with E-state index in [1.807, 2.05) is 37.3 Å². The van der Waals surface area contributed by atoms with Gasteiger partial charge in [0.05, 0.1) is 23.0 Å². The summed E-state index contributed by atoms with van der Waals surface area (Å²) in [4.78, 5) is 4.78. The van der Waals surface area contributed by atoms with Crippen LogP contribution in [-0.2, 0) is 6.54 Å². The van der Waals surface area contributed by atoms with Gasteiger partial charge in [-0.05, 0) is 31.5 Å². The zero-order valence-corrected chi connectivity index (χ0v) is 12.2. The van der Waals surface area contributed by atoms with Crippen LogP contribution in [0.4, 0.5) is 0 Å². The fourth-order valence-electron chi connectivity index (χ4n) is 2.60. The second-order valence-corrected chi connectivity index (χ2v) is 5.38. The van der Waals surface area contributed by atoms with Crippen LogP contribution in [-0.4, -0.2) is 9.55 Å². The van der Waals surface area contributed by atoms with Crippen molar-refractivity contribution in [3.63, 3.8) is 0 Å². The van der Waals surface area contributed by atoms with Gasteiger partial charge in [-0.15, -0.1) is 0 Å². The molecule has 0 aliphatic rings. The van der Waals surface area contributed by atoms with Crippen LogP contribution in [0, 0.1) is 24.2 Å². The van der Waals surface area contributed by atoms with Crippen molar-refractivity contribution < 1.29 is 0 Å². The molecule has 0 radical (unpaired) electrons. The van der Waals surface area contributed by atoms with Crippen LogP contribution in [0.3, 0.4) is 0 Å². The lowest BCUT2D eigenvalue weighted by atomic mass is 10.1. The second-order valence-electron chi connectivity index (χ2n) is 5.38. The summed E-state index contributed by atoms with van der Waals surface area (Å²) in [6, 6.07) is 18.6. The Morgan fingerprint density at radius 2 is 1.86 bits per heavy atom. The molecule has 1 atom stereocenters. The van der Waals surface area contributed by atoms with Gasteiger partial charge >= 0.3 is 0 Å². The van der Waals surface area contributed by atoms with Crippen LogP contribution < -0.4 is 0 Å². The van der Waals surface area contributed by atoms with Gasteiger partial charge in [0.1, 0.15) is 5.82 Å². The van der Waals surface area contributed by atoms with E-state index in [2.05, 4.69) is 35.8 Å². The zero-order valence-electron chi connectivity index (χ0n) is 12.2. The number of rotatable bonds is 3. The highest BCUT2D eigenvalue weighted by molar-refractivity contribution is 5.81. The summed E-state index contributed by atoms with van der Waals surface area (Å²) < 4.78 is 2.16. The van der Waals surface area contributed by atoms with E-state index in [1.54, 1.807) is 0 Å². The molecule has 3 heteroatoms. The fourth-order valence-corrected chi connectivity index (χ4v) is 2.60. The van der Waals surface area contributed by atoms with Crippen molar-refractivity contribution in [2.45, 2.75) is 20.4 Å². The number of aromatic nitrogens is 2. The summed E-state index contributed by atoms with van der Waals surface area (Å²) in [7, 11) is 0. The SMILES string of the molecule is Cc1ccccc1-c1nc2ccccc2n1CC(C)C#N. The van der Waals surface area contributed by atoms with Gasteiger partial charge in [0.2, 0.25) is 0 Å². The molecule has 0 N–H and O–H groups in total.